The van der Waals surface area contributed by atoms with E-state index >= 15 is 0 Å². The van der Waals surface area contributed by atoms with Crippen molar-refractivity contribution in [1.29, 1.82) is 0 Å². The highest BCUT2D eigenvalue weighted by Crippen LogP contribution is 2.30. The lowest BCUT2D eigenvalue weighted by atomic mass is 10.0. The molecule has 0 saturated heterocycles. The molecule has 5 rings (SSSR count). The van der Waals surface area contributed by atoms with Gasteiger partial charge in [0.15, 0.2) is 5.65 Å². The number of amides is 1. The number of hydrogen-bond donors (Lipinski definition) is 1. The van der Waals surface area contributed by atoms with Crippen molar-refractivity contribution < 1.29 is 9.18 Å². The maximum Gasteiger partial charge on any atom is 0.246 e. The second kappa shape index (κ2) is 9.37. The predicted octanol–water partition coefficient (Wildman–Crippen LogP) is 5.35. The van der Waals surface area contributed by atoms with E-state index < -0.39 is 0 Å². The second-order valence-electron chi connectivity index (χ2n) is 9.05. The zero-order valence-electron chi connectivity index (χ0n) is 20.7. The van der Waals surface area contributed by atoms with Crippen LogP contribution in [0.15, 0.2) is 60.8 Å². The number of carbonyl (C=O) groups is 1. The van der Waals surface area contributed by atoms with Gasteiger partial charge in [0, 0.05) is 11.6 Å². The minimum Gasteiger partial charge on any atom is -0.321 e. The molecule has 0 fully saturated rings. The minimum atomic E-state index is -0.291. The van der Waals surface area contributed by atoms with E-state index in [0.29, 0.717) is 17.9 Å². The van der Waals surface area contributed by atoms with Gasteiger partial charge in [0.1, 0.15) is 12.4 Å². The Morgan fingerprint density at radius 3 is 2.44 bits per heavy atom. The summed E-state index contributed by atoms with van der Waals surface area (Å²) in [6.07, 6.45) is 1.68. The number of halogens is 1. The fourth-order valence-electron chi connectivity index (χ4n) is 4.59. The summed E-state index contributed by atoms with van der Waals surface area (Å²) in [5.41, 5.74) is 7.82. The van der Waals surface area contributed by atoms with E-state index in [-0.39, 0.29) is 18.3 Å². The molecule has 7 nitrogen and oxygen atoms in total. The Hall–Kier alpha value is -4.33. The minimum absolute atomic E-state index is 0.00610. The smallest absolute Gasteiger partial charge is 0.246 e. The molecule has 1 N–H and O–H groups in total. The number of carbonyl (C=O) groups excluding carboxylic acids is 1. The second-order valence-corrected chi connectivity index (χ2v) is 9.05. The van der Waals surface area contributed by atoms with E-state index in [1.54, 1.807) is 23.0 Å². The highest BCUT2D eigenvalue weighted by molar-refractivity contribution is 5.96. The lowest BCUT2D eigenvalue weighted by Gasteiger charge is -2.09. The Kier molecular flexibility index (Phi) is 6.10. The van der Waals surface area contributed by atoms with Gasteiger partial charge in [-0.3, -0.25) is 9.48 Å². The fraction of sp³-hybridized carbons (Fsp3) is 0.214. The summed E-state index contributed by atoms with van der Waals surface area (Å²) < 4.78 is 16.9. The van der Waals surface area contributed by atoms with Crippen molar-refractivity contribution in [2.75, 3.05) is 5.32 Å². The van der Waals surface area contributed by atoms with Gasteiger partial charge in [0.25, 0.3) is 0 Å². The highest BCUT2D eigenvalue weighted by Gasteiger charge is 2.18. The van der Waals surface area contributed by atoms with Gasteiger partial charge in [0.2, 0.25) is 5.91 Å². The van der Waals surface area contributed by atoms with Crippen LogP contribution in [0, 0.1) is 33.5 Å². The first-order chi connectivity index (χ1) is 17.3. The number of rotatable bonds is 6. The molecule has 0 aliphatic rings. The molecule has 182 valence electrons. The van der Waals surface area contributed by atoms with Gasteiger partial charge in [0.05, 0.1) is 29.3 Å². The van der Waals surface area contributed by atoms with Crippen molar-refractivity contribution in [1.82, 2.24) is 24.5 Å². The topological polar surface area (TPSA) is 77.6 Å². The van der Waals surface area contributed by atoms with Gasteiger partial charge in [-0.2, -0.15) is 10.2 Å². The van der Waals surface area contributed by atoms with Crippen LogP contribution in [0.4, 0.5) is 10.1 Å². The number of pyridine rings is 1. The number of hydrogen-bond acceptors (Lipinski definition) is 4. The average Bonchev–Trinajstić information content (AvgIpc) is 3.30. The maximum absolute atomic E-state index is 13.4. The third-order valence-electron chi connectivity index (χ3n) is 6.32. The molecule has 3 heterocycles. The monoisotopic (exact) mass is 482 g/mol. The lowest BCUT2D eigenvalue weighted by Crippen LogP contribution is -2.20. The first-order valence-electron chi connectivity index (χ1n) is 11.8. The Bertz CT molecular complexity index is 1580. The van der Waals surface area contributed by atoms with E-state index in [1.807, 2.05) is 37.6 Å². The van der Waals surface area contributed by atoms with Gasteiger partial charge in [-0.15, -0.1) is 0 Å². The van der Waals surface area contributed by atoms with Gasteiger partial charge in [-0.1, -0.05) is 42.0 Å². The molecule has 3 aromatic heterocycles. The van der Waals surface area contributed by atoms with E-state index in [2.05, 4.69) is 45.6 Å². The zero-order valence-corrected chi connectivity index (χ0v) is 20.7. The van der Waals surface area contributed by atoms with Crippen LogP contribution in [-0.2, 0) is 17.9 Å². The first-order valence-corrected chi connectivity index (χ1v) is 11.8. The van der Waals surface area contributed by atoms with Crippen molar-refractivity contribution in [2.24, 2.45) is 0 Å². The van der Waals surface area contributed by atoms with E-state index in [9.17, 15) is 9.18 Å². The molecular weight excluding hydrogens is 455 g/mol. The molecule has 1 amide bonds. The summed E-state index contributed by atoms with van der Waals surface area (Å²) in [4.78, 5) is 17.6. The SMILES string of the molecule is Cc1cccc(Cn2nc(C)c(NC(=O)Cn3nc(C)c4c(-c5ccc(F)cc5)ccnc43)c2C)c1. The molecule has 5 aromatic rings. The van der Waals surface area contributed by atoms with Gasteiger partial charge >= 0.3 is 0 Å². The van der Waals surface area contributed by atoms with E-state index in [4.69, 9.17) is 0 Å². The van der Waals surface area contributed by atoms with Crippen molar-refractivity contribution in [3.8, 4) is 11.1 Å². The highest BCUT2D eigenvalue weighted by atomic mass is 19.1. The van der Waals surface area contributed by atoms with E-state index in [0.717, 1.165) is 39.2 Å². The molecule has 0 bridgehead atoms. The quantitative estimate of drug-likeness (QED) is 0.354. The van der Waals surface area contributed by atoms with Gasteiger partial charge < -0.3 is 5.32 Å². The maximum atomic E-state index is 13.4. The van der Waals surface area contributed by atoms with Crippen LogP contribution in [0.1, 0.15) is 28.2 Å². The molecule has 36 heavy (non-hydrogen) atoms. The molecule has 0 spiro atoms. The van der Waals surface area contributed by atoms with Crippen LogP contribution in [0.25, 0.3) is 22.2 Å². The summed E-state index contributed by atoms with van der Waals surface area (Å²) in [6.45, 7) is 8.42. The third-order valence-corrected chi connectivity index (χ3v) is 6.32. The Morgan fingerprint density at radius 1 is 0.944 bits per heavy atom. The molecule has 0 aliphatic carbocycles. The van der Waals surface area contributed by atoms with Crippen molar-refractivity contribution in [2.45, 2.75) is 40.8 Å². The predicted molar refractivity (Wildman–Crippen MR) is 138 cm³/mol. The number of benzene rings is 2. The molecule has 0 unspecified atom stereocenters. The Balaban J connectivity index is 1.39. The summed E-state index contributed by atoms with van der Waals surface area (Å²) >= 11 is 0. The standard InChI is InChI=1S/C28H27FN6O/c1-17-6-5-7-21(14-17)15-34-20(4)27(19(3)33-34)31-25(36)16-35-28-26(18(2)32-35)24(12-13-30-28)22-8-10-23(29)11-9-22/h5-14H,15-16H2,1-4H3,(H,31,36). The molecule has 0 radical (unpaired) electrons. The lowest BCUT2D eigenvalue weighted by molar-refractivity contribution is -0.116. The molecule has 0 saturated carbocycles. The van der Waals surface area contributed by atoms with Crippen LogP contribution >= 0.6 is 0 Å². The molecule has 2 aromatic carbocycles. The number of nitrogens with zero attached hydrogens (tertiary/aromatic N) is 5. The number of nitrogens with one attached hydrogen (secondary N) is 1. The van der Waals surface area contributed by atoms with Crippen LogP contribution in [0.2, 0.25) is 0 Å². The van der Waals surface area contributed by atoms with Crippen molar-refractivity contribution in [3.05, 3.63) is 94.8 Å². The summed E-state index contributed by atoms with van der Waals surface area (Å²) in [7, 11) is 0. The molecule has 8 heteroatoms. The number of aryl methyl sites for hydroxylation is 3. The molecule has 0 aliphatic heterocycles. The van der Waals surface area contributed by atoms with Crippen LogP contribution in [-0.4, -0.2) is 30.5 Å². The number of aromatic nitrogens is 5. The number of fused-ring (bicyclic) bond motifs is 1. The Labute approximate surface area is 208 Å². The largest absolute Gasteiger partial charge is 0.321 e. The zero-order chi connectivity index (χ0) is 25.4. The number of anilines is 1. The normalized spacial score (nSPS) is 11.2. The molecular formula is C28H27FN6O. The summed E-state index contributed by atoms with van der Waals surface area (Å²) in [5.74, 6) is -0.504. The van der Waals surface area contributed by atoms with Crippen LogP contribution < -0.4 is 5.32 Å². The third kappa shape index (κ3) is 4.49. The van der Waals surface area contributed by atoms with Gasteiger partial charge in [-0.25, -0.2) is 14.1 Å². The van der Waals surface area contributed by atoms with Crippen LogP contribution in [0.3, 0.4) is 0 Å². The molecule has 0 atom stereocenters. The average molecular weight is 483 g/mol. The summed E-state index contributed by atoms with van der Waals surface area (Å²) in [5, 5.41) is 13.1. The van der Waals surface area contributed by atoms with Crippen molar-refractivity contribution >= 4 is 22.6 Å². The summed E-state index contributed by atoms with van der Waals surface area (Å²) in [6, 6.07) is 16.5. The first kappa shape index (κ1) is 23.4. The van der Waals surface area contributed by atoms with Crippen molar-refractivity contribution in [3.63, 3.8) is 0 Å². The van der Waals surface area contributed by atoms with E-state index in [1.165, 1.54) is 17.7 Å². The van der Waals surface area contributed by atoms with Crippen LogP contribution in [0.5, 0.6) is 0 Å². The fourth-order valence-corrected chi connectivity index (χ4v) is 4.59. The Morgan fingerprint density at radius 2 is 1.69 bits per heavy atom. The van der Waals surface area contributed by atoms with Gasteiger partial charge in [-0.05, 0) is 62.6 Å².